The standard InChI is InChI=1S/C15H13FN2OS/c1-9-6-13(19)18-15(17-9)20-8-11-7-10-4-2-3-5-12(10)14(11)16/h2-6H,7-8H2,1H3,(H,17,18,19). The molecule has 1 N–H and O–H groups in total. The Morgan fingerprint density at radius 3 is 2.95 bits per heavy atom. The van der Waals surface area contributed by atoms with Crippen LogP contribution in [0.15, 0.2) is 45.9 Å². The van der Waals surface area contributed by atoms with Gasteiger partial charge >= 0.3 is 0 Å². The number of benzene rings is 1. The molecule has 3 rings (SSSR count). The van der Waals surface area contributed by atoms with Gasteiger partial charge in [-0.2, -0.15) is 0 Å². The summed E-state index contributed by atoms with van der Waals surface area (Å²) in [5, 5.41) is 0.534. The molecule has 0 bridgehead atoms. The van der Waals surface area contributed by atoms with Gasteiger partial charge < -0.3 is 4.98 Å². The van der Waals surface area contributed by atoms with Crippen molar-refractivity contribution >= 4 is 17.6 Å². The number of halogens is 1. The fourth-order valence-corrected chi connectivity index (χ4v) is 3.20. The molecule has 1 aliphatic carbocycles. The number of H-pyrrole nitrogens is 1. The smallest absolute Gasteiger partial charge is 0.251 e. The predicted octanol–water partition coefficient (Wildman–Crippen LogP) is 3.11. The first kappa shape index (κ1) is 13.1. The Labute approximate surface area is 120 Å². The molecule has 0 fully saturated rings. The second kappa shape index (κ2) is 5.25. The molecule has 0 radical (unpaired) electrons. The van der Waals surface area contributed by atoms with Crippen molar-refractivity contribution in [1.82, 2.24) is 9.97 Å². The molecule has 1 aliphatic rings. The number of aryl methyl sites for hydroxylation is 1. The molecule has 0 saturated carbocycles. The van der Waals surface area contributed by atoms with Gasteiger partial charge in [0.25, 0.3) is 5.56 Å². The molecule has 0 saturated heterocycles. The van der Waals surface area contributed by atoms with Gasteiger partial charge in [-0.25, -0.2) is 9.37 Å². The third kappa shape index (κ3) is 2.54. The summed E-state index contributed by atoms with van der Waals surface area (Å²) < 4.78 is 14.2. The van der Waals surface area contributed by atoms with Gasteiger partial charge in [0.15, 0.2) is 5.16 Å². The molecule has 3 nitrogen and oxygen atoms in total. The van der Waals surface area contributed by atoms with E-state index in [1.807, 2.05) is 18.2 Å². The minimum absolute atomic E-state index is 0.136. The molecule has 102 valence electrons. The van der Waals surface area contributed by atoms with Crippen LogP contribution < -0.4 is 5.56 Å². The molecule has 1 heterocycles. The summed E-state index contributed by atoms with van der Waals surface area (Å²) in [6.07, 6.45) is 0.630. The Hall–Kier alpha value is -1.88. The zero-order valence-corrected chi connectivity index (χ0v) is 11.8. The van der Waals surface area contributed by atoms with Crippen LogP contribution in [0.4, 0.5) is 4.39 Å². The van der Waals surface area contributed by atoms with E-state index in [0.29, 0.717) is 28.6 Å². The van der Waals surface area contributed by atoms with Gasteiger partial charge in [0, 0.05) is 23.1 Å². The molecule has 0 amide bonds. The van der Waals surface area contributed by atoms with Gasteiger partial charge in [-0.05, 0) is 24.5 Å². The van der Waals surface area contributed by atoms with Crippen molar-refractivity contribution in [2.45, 2.75) is 18.5 Å². The average molecular weight is 288 g/mol. The van der Waals surface area contributed by atoms with Gasteiger partial charge in [-0.3, -0.25) is 4.79 Å². The minimum Gasteiger partial charge on any atom is -0.301 e. The molecular formula is C15H13FN2OS. The van der Waals surface area contributed by atoms with Gasteiger partial charge in [-0.1, -0.05) is 36.0 Å². The van der Waals surface area contributed by atoms with Crippen molar-refractivity contribution in [2.75, 3.05) is 5.75 Å². The number of hydrogen-bond donors (Lipinski definition) is 1. The molecule has 2 aromatic rings. The van der Waals surface area contributed by atoms with Gasteiger partial charge in [0.05, 0.1) is 0 Å². The fraction of sp³-hybridized carbons (Fsp3) is 0.200. The molecule has 0 unspecified atom stereocenters. The summed E-state index contributed by atoms with van der Waals surface area (Å²) in [5.41, 5.74) is 2.95. The highest BCUT2D eigenvalue weighted by molar-refractivity contribution is 7.99. The van der Waals surface area contributed by atoms with E-state index in [-0.39, 0.29) is 11.4 Å². The van der Waals surface area contributed by atoms with Crippen LogP contribution in [0.1, 0.15) is 16.8 Å². The normalized spacial score (nSPS) is 13.7. The number of nitrogens with zero attached hydrogens (tertiary/aromatic N) is 1. The lowest BCUT2D eigenvalue weighted by atomic mass is 10.1. The Kier molecular flexibility index (Phi) is 3.44. The van der Waals surface area contributed by atoms with Crippen LogP contribution in [0.5, 0.6) is 0 Å². The summed E-state index contributed by atoms with van der Waals surface area (Å²) in [4.78, 5) is 18.2. The van der Waals surface area contributed by atoms with Gasteiger partial charge in [-0.15, -0.1) is 0 Å². The van der Waals surface area contributed by atoms with E-state index >= 15 is 0 Å². The first-order valence-corrected chi connectivity index (χ1v) is 7.28. The lowest BCUT2D eigenvalue weighted by Crippen LogP contribution is -2.08. The quantitative estimate of drug-likeness (QED) is 0.697. The van der Waals surface area contributed by atoms with Crippen LogP contribution >= 0.6 is 11.8 Å². The van der Waals surface area contributed by atoms with Gasteiger partial charge in [0.2, 0.25) is 0 Å². The zero-order valence-electron chi connectivity index (χ0n) is 10.9. The van der Waals surface area contributed by atoms with Crippen molar-refractivity contribution < 1.29 is 4.39 Å². The Balaban J connectivity index is 1.77. The Morgan fingerprint density at radius 1 is 1.40 bits per heavy atom. The number of hydrogen-bond acceptors (Lipinski definition) is 3. The molecule has 0 atom stereocenters. The van der Waals surface area contributed by atoms with Crippen molar-refractivity contribution in [1.29, 1.82) is 0 Å². The Morgan fingerprint density at radius 2 is 2.20 bits per heavy atom. The van der Waals surface area contributed by atoms with Crippen molar-refractivity contribution in [3.63, 3.8) is 0 Å². The number of aromatic nitrogens is 2. The predicted molar refractivity (Wildman–Crippen MR) is 78.5 cm³/mol. The first-order chi connectivity index (χ1) is 9.63. The van der Waals surface area contributed by atoms with E-state index < -0.39 is 0 Å². The maximum Gasteiger partial charge on any atom is 0.251 e. The third-order valence-corrected chi connectivity index (χ3v) is 4.16. The van der Waals surface area contributed by atoms with Crippen LogP contribution in [0, 0.1) is 6.92 Å². The van der Waals surface area contributed by atoms with Crippen molar-refractivity contribution in [3.05, 3.63) is 63.1 Å². The van der Waals surface area contributed by atoms with Crippen LogP contribution in [-0.4, -0.2) is 15.7 Å². The molecule has 0 spiro atoms. The number of thioether (sulfide) groups is 1. The minimum atomic E-state index is -0.177. The highest BCUT2D eigenvalue weighted by Crippen LogP contribution is 2.35. The second-order valence-corrected chi connectivity index (χ2v) is 5.70. The van der Waals surface area contributed by atoms with Crippen LogP contribution in [0.25, 0.3) is 5.83 Å². The topological polar surface area (TPSA) is 45.8 Å². The summed E-state index contributed by atoms with van der Waals surface area (Å²) in [7, 11) is 0. The maximum atomic E-state index is 14.2. The summed E-state index contributed by atoms with van der Waals surface area (Å²) in [6, 6.07) is 8.94. The molecule has 1 aromatic heterocycles. The zero-order chi connectivity index (χ0) is 14.1. The highest BCUT2D eigenvalue weighted by atomic mass is 32.2. The first-order valence-electron chi connectivity index (χ1n) is 6.30. The third-order valence-electron chi connectivity index (χ3n) is 3.20. The van der Waals surface area contributed by atoms with Crippen LogP contribution in [0.2, 0.25) is 0 Å². The fourth-order valence-electron chi connectivity index (χ4n) is 2.28. The van der Waals surface area contributed by atoms with E-state index in [4.69, 9.17) is 0 Å². The highest BCUT2D eigenvalue weighted by Gasteiger charge is 2.21. The number of aromatic amines is 1. The number of rotatable bonds is 3. The largest absolute Gasteiger partial charge is 0.301 e. The van der Waals surface area contributed by atoms with Crippen molar-refractivity contribution in [3.8, 4) is 0 Å². The molecule has 0 aliphatic heterocycles. The Bertz CT molecular complexity index is 752. The second-order valence-electron chi connectivity index (χ2n) is 4.73. The van der Waals surface area contributed by atoms with Gasteiger partial charge in [0.1, 0.15) is 5.83 Å². The van der Waals surface area contributed by atoms with Crippen LogP contribution in [-0.2, 0) is 6.42 Å². The lowest BCUT2D eigenvalue weighted by molar-refractivity contribution is 0.755. The van der Waals surface area contributed by atoms with Crippen LogP contribution in [0.3, 0.4) is 0 Å². The SMILES string of the molecule is Cc1cc(=O)[nH]c(SCC2=C(F)c3ccccc3C2)n1. The summed E-state index contributed by atoms with van der Waals surface area (Å²) >= 11 is 1.36. The van der Waals surface area contributed by atoms with E-state index in [0.717, 1.165) is 11.1 Å². The van der Waals surface area contributed by atoms with Crippen molar-refractivity contribution in [2.24, 2.45) is 0 Å². The van der Waals surface area contributed by atoms with E-state index in [1.54, 1.807) is 13.0 Å². The summed E-state index contributed by atoms with van der Waals surface area (Å²) in [6.45, 7) is 1.77. The molecule has 20 heavy (non-hydrogen) atoms. The number of nitrogens with one attached hydrogen (secondary N) is 1. The molecule has 5 heteroatoms. The number of fused-ring (bicyclic) bond motifs is 1. The monoisotopic (exact) mass is 288 g/mol. The average Bonchev–Trinajstić information content (AvgIpc) is 2.73. The molecule has 1 aromatic carbocycles. The molecular weight excluding hydrogens is 275 g/mol. The lowest BCUT2D eigenvalue weighted by Gasteiger charge is -2.02. The maximum absolute atomic E-state index is 14.2. The van der Waals surface area contributed by atoms with E-state index in [2.05, 4.69) is 9.97 Å². The summed E-state index contributed by atoms with van der Waals surface area (Å²) in [5.74, 6) is 0.357. The van der Waals surface area contributed by atoms with E-state index in [1.165, 1.54) is 17.8 Å². The van der Waals surface area contributed by atoms with E-state index in [9.17, 15) is 9.18 Å².